The van der Waals surface area contributed by atoms with Gasteiger partial charge in [0.25, 0.3) is 6.43 Å². The second-order valence-corrected chi connectivity index (χ2v) is 6.26. The van der Waals surface area contributed by atoms with Crippen LogP contribution in [0.15, 0.2) is 36.8 Å². The van der Waals surface area contributed by atoms with Crippen LogP contribution in [-0.2, 0) is 12.2 Å². The van der Waals surface area contributed by atoms with Crippen LogP contribution in [0.2, 0.25) is 0 Å². The molecule has 3 aromatic rings. The van der Waals surface area contributed by atoms with Gasteiger partial charge in [0, 0.05) is 18.0 Å². The highest BCUT2D eigenvalue weighted by Crippen LogP contribution is 2.24. The third-order valence-electron chi connectivity index (χ3n) is 3.70. The zero-order valence-electron chi connectivity index (χ0n) is 14.5. The van der Waals surface area contributed by atoms with Gasteiger partial charge < -0.3 is 9.84 Å². The van der Waals surface area contributed by atoms with E-state index in [2.05, 4.69) is 20.3 Å². The first-order valence-electron chi connectivity index (χ1n) is 7.91. The van der Waals surface area contributed by atoms with Gasteiger partial charge in [0.2, 0.25) is 0 Å². The quantitative estimate of drug-likeness (QED) is 0.709. The summed E-state index contributed by atoms with van der Waals surface area (Å²) in [5.41, 5.74) is -0.592. The van der Waals surface area contributed by atoms with Crippen molar-refractivity contribution in [3.05, 3.63) is 59.4 Å². The number of benzene rings is 1. The van der Waals surface area contributed by atoms with Crippen LogP contribution in [-0.4, -0.2) is 30.1 Å². The molecule has 0 aliphatic carbocycles. The minimum absolute atomic E-state index is 0.00916. The van der Waals surface area contributed by atoms with Gasteiger partial charge >= 0.3 is 6.01 Å². The van der Waals surface area contributed by atoms with Crippen LogP contribution < -0.4 is 4.74 Å². The van der Waals surface area contributed by atoms with Crippen LogP contribution in [0.1, 0.15) is 37.1 Å². The lowest BCUT2D eigenvalue weighted by Crippen LogP contribution is -2.16. The molecule has 0 amide bonds. The number of hydrogen-bond donors (Lipinski definition) is 1. The Balaban J connectivity index is 1.69. The average molecular weight is 379 g/mol. The number of ether oxygens (including phenoxy) is 1. The van der Waals surface area contributed by atoms with Crippen molar-refractivity contribution < 1.29 is 23.0 Å². The summed E-state index contributed by atoms with van der Waals surface area (Å²) in [6, 6.07) is 3.36. The van der Waals surface area contributed by atoms with E-state index < -0.39 is 23.4 Å². The molecule has 7 nitrogen and oxygen atoms in total. The van der Waals surface area contributed by atoms with Crippen molar-refractivity contribution >= 4 is 0 Å². The normalized spacial score (nSPS) is 11.8. The second kappa shape index (κ2) is 7.31. The van der Waals surface area contributed by atoms with E-state index in [0.717, 1.165) is 12.1 Å². The molecule has 0 aliphatic heterocycles. The molecule has 27 heavy (non-hydrogen) atoms. The maximum Gasteiger partial charge on any atom is 0.316 e. The van der Waals surface area contributed by atoms with E-state index in [1.165, 1.54) is 29.3 Å². The van der Waals surface area contributed by atoms with Gasteiger partial charge in [-0.15, -0.1) is 5.10 Å². The summed E-state index contributed by atoms with van der Waals surface area (Å²) in [4.78, 5) is 7.99. The molecule has 0 aliphatic rings. The molecule has 0 radical (unpaired) electrons. The van der Waals surface area contributed by atoms with E-state index in [0.29, 0.717) is 11.3 Å². The van der Waals surface area contributed by atoms with E-state index in [-0.39, 0.29) is 18.3 Å². The Hall–Kier alpha value is -3.01. The fourth-order valence-corrected chi connectivity index (χ4v) is 2.18. The zero-order chi connectivity index (χ0) is 19.6. The summed E-state index contributed by atoms with van der Waals surface area (Å²) < 4.78 is 45.6. The van der Waals surface area contributed by atoms with Crippen molar-refractivity contribution in [1.29, 1.82) is 0 Å². The summed E-state index contributed by atoms with van der Waals surface area (Å²) in [7, 11) is 0. The van der Waals surface area contributed by atoms with Gasteiger partial charge in [-0.3, -0.25) is 0 Å². The minimum Gasteiger partial charge on any atom is -0.457 e. The molecule has 142 valence electrons. The van der Waals surface area contributed by atoms with Gasteiger partial charge in [-0.25, -0.2) is 27.8 Å². The third kappa shape index (κ3) is 4.40. The smallest absolute Gasteiger partial charge is 0.316 e. The predicted octanol–water partition coefficient (Wildman–Crippen LogP) is 2.94. The molecule has 1 aromatic carbocycles. The fourth-order valence-electron chi connectivity index (χ4n) is 2.18. The average Bonchev–Trinajstić information content (AvgIpc) is 3.09. The summed E-state index contributed by atoms with van der Waals surface area (Å²) in [5.74, 6) is -0.982. The Morgan fingerprint density at radius 1 is 1.22 bits per heavy atom. The first kappa shape index (κ1) is 18.8. The maximum atomic E-state index is 13.4. The van der Waals surface area contributed by atoms with Gasteiger partial charge in [-0.1, -0.05) is 5.21 Å². The van der Waals surface area contributed by atoms with E-state index in [9.17, 15) is 18.3 Å². The van der Waals surface area contributed by atoms with Gasteiger partial charge in [-0.2, -0.15) is 0 Å². The molecule has 10 heteroatoms. The number of nitrogens with zero attached hydrogens (tertiary/aromatic N) is 5. The largest absolute Gasteiger partial charge is 0.457 e. The van der Waals surface area contributed by atoms with Crippen molar-refractivity contribution in [2.45, 2.75) is 32.5 Å². The van der Waals surface area contributed by atoms with Crippen molar-refractivity contribution in [3.63, 3.8) is 0 Å². The van der Waals surface area contributed by atoms with E-state index >= 15 is 0 Å². The molecule has 0 fully saturated rings. The second-order valence-electron chi connectivity index (χ2n) is 6.26. The molecule has 0 bridgehead atoms. The number of halogens is 3. The molecule has 2 aromatic heterocycles. The first-order chi connectivity index (χ1) is 12.7. The van der Waals surface area contributed by atoms with Crippen LogP contribution in [0.5, 0.6) is 6.01 Å². The molecule has 3 rings (SSSR count). The summed E-state index contributed by atoms with van der Waals surface area (Å²) in [6.45, 7) is 3.21. The topological polar surface area (TPSA) is 86.0 Å². The molecule has 0 unspecified atom stereocenters. The number of aliphatic hydroxyl groups is 1. The lowest BCUT2D eigenvalue weighted by Gasteiger charge is -2.16. The highest BCUT2D eigenvalue weighted by molar-refractivity contribution is 5.36. The molecule has 0 saturated carbocycles. The molecule has 2 heterocycles. The van der Waals surface area contributed by atoms with Crippen LogP contribution in [0, 0.1) is 5.82 Å². The van der Waals surface area contributed by atoms with Crippen LogP contribution in [0.4, 0.5) is 13.2 Å². The predicted molar refractivity (Wildman–Crippen MR) is 87.9 cm³/mol. The molecule has 0 saturated heterocycles. The molecule has 1 N–H and O–H groups in total. The van der Waals surface area contributed by atoms with E-state index in [4.69, 9.17) is 4.74 Å². The minimum atomic E-state index is -2.93. The highest BCUT2D eigenvalue weighted by Gasteiger charge is 2.17. The van der Waals surface area contributed by atoms with Crippen molar-refractivity contribution in [2.24, 2.45) is 0 Å². The SMILES string of the molecule is CC(C)(O)c1cnc(OCc2cn(-c3ccc(F)c(C(F)F)c3)nn2)nc1. The molecular weight excluding hydrogens is 363 g/mol. The molecule has 0 atom stereocenters. The fraction of sp³-hybridized carbons (Fsp3) is 0.294. The number of rotatable bonds is 6. The third-order valence-corrected chi connectivity index (χ3v) is 3.70. The van der Waals surface area contributed by atoms with Crippen molar-refractivity contribution in [2.75, 3.05) is 0 Å². The van der Waals surface area contributed by atoms with E-state index in [1.807, 2.05) is 0 Å². The lowest BCUT2D eigenvalue weighted by atomic mass is 10.0. The van der Waals surface area contributed by atoms with Crippen LogP contribution in [0.25, 0.3) is 5.69 Å². The van der Waals surface area contributed by atoms with Crippen LogP contribution >= 0.6 is 0 Å². The summed E-state index contributed by atoms with van der Waals surface area (Å²) in [6.07, 6.45) is 1.43. The zero-order valence-corrected chi connectivity index (χ0v) is 14.5. The van der Waals surface area contributed by atoms with Crippen molar-refractivity contribution in [3.8, 4) is 11.7 Å². The highest BCUT2D eigenvalue weighted by atomic mass is 19.3. The maximum absolute atomic E-state index is 13.4. The van der Waals surface area contributed by atoms with Gasteiger partial charge in [0.1, 0.15) is 18.1 Å². The van der Waals surface area contributed by atoms with E-state index in [1.54, 1.807) is 13.8 Å². The Labute approximate surface area is 152 Å². The molecule has 0 spiro atoms. The Morgan fingerprint density at radius 2 is 1.93 bits per heavy atom. The first-order valence-corrected chi connectivity index (χ1v) is 7.91. The number of hydrogen-bond acceptors (Lipinski definition) is 6. The lowest BCUT2D eigenvalue weighted by molar-refractivity contribution is 0.0775. The monoisotopic (exact) mass is 379 g/mol. The Kier molecular flexibility index (Phi) is 5.08. The Bertz CT molecular complexity index is 923. The Morgan fingerprint density at radius 3 is 2.56 bits per heavy atom. The summed E-state index contributed by atoms with van der Waals surface area (Å²) in [5, 5.41) is 17.6. The van der Waals surface area contributed by atoms with Gasteiger partial charge in [0.15, 0.2) is 0 Å². The number of aromatic nitrogens is 5. The molecular formula is C17H16F3N5O2. The van der Waals surface area contributed by atoms with Gasteiger partial charge in [-0.05, 0) is 32.0 Å². The van der Waals surface area contributed by atoms with Crippen LogP contribution in [0.3, 0.4) is 0 Å². The number of alkyl halides is 2. The summed E-state index contributed by atoms with van der Waals surface area (Å²) >= 11 is 0. The standard InChI is InChI=1S/C17H16F3N5O2/c1-17(2,26)10-6-21-16(22-7-10)27-9-11-8-25(24-23-11)12-3-4-14(18)13(5-12)15(19)20/h3-8,15,26H,9H2,1-2H3. The van der Waals surface area contributed by atoms with Crippen molar-refractivity contribution in [1.82, 2.24) is 25.0 Å². The van der Waals surface area contributed by atoms with Gasteiger partial charge in [0.05, 0.1) is 23.0 Å².